The fourth-order valence-electron chi connectivity index (χ4n) is 3.88. The van der Waals surface area contributed by atoms with Gasteiger partial charge in [0.15, 0.2) is 0 Å². The maximum Gasteiger partial charge on any atom is 0.245 e. The fraction of sp³-hybridized carbons (Fsp3) is 0.588. The fourth-order valence-corrected chi connectivity index (χ4v) is 4.61. The highest BCUT2D eigenvalue weighted by atomic mass is 35.5. The quantitative estimate of drug-likeness (QED) is 0.883. The van der Waals surface area contributed by atoms with Crippen LogP contribution in [0.25, 0.3) is 10.2 Å². The maximum absolute atomic E-state index is 13.1. The molecule has 1 N–H and O–H groups in total. The number of nitrogens with one attached hydrogen (secondary N) is 1. The summed E-state index contributed by atoms with van der Waals surface area (Å²) in [5, 5.41) is 6.43. The number of piperidine rings is 1. The second kappa shape index (κ2) is 7.85. The van der Waals surface area contributed by atoms with Crippen molar-refractivity contribution < 1.29 is 4.79 Å². The van der Waals surface area contributed by atoms with E-state index < -0.39 is 0 Å². The SMILES string of the molecule is CNC1CCN(C(=O)C2CCCN2c2ncnc3sccc23)CC1.Cl. The smallest absolute Gasteiger partial charge is 0.245 e. The van der Waals surface area contributed by atoms with Crippen molar-refractivity contribution in [2.45, 2.75) is 37.8 Å². The van der Waals surface area contributed by atoms with Gasteiger partial charge in [-0.2, -0.15) is 0 Å². The van der Waals surface area contributed by atoms with Crippen LogP contribution in [0.2, 0.25) is 0 Å². The number of rotatable bonds is 3. The molecule has 1 atom stereocenters. The number of hydrogen-bond donors (Lipinski definition) is 1. The molecule has 4 heterocycles. The molecule has 0 bridgehead atoms. The summed E-state index contributed by atoms with van der Waals surface area (Å²) in [6.07, 6.45) is 5.65. The minimum Gasteiger partial charge on any atom is -0.344 e. The topological polar surface area (TPSA) is 61.4 Å². The van der Waals surface area contributed by atoms with Crippen LogP contribution in [0, 0.1) is 0 Å². The van der Waals surface area contributed by atoms with E-state index in [1.807, 2.05) is 17.3 Å². The summed E-state index contributed by atoms with van der Waals surface area (Å²) in [5.41, 5.74) is 0. The molecule has 0 saturated carbocycles. The van der Waals surface area contributed by atoms with Crippen LogP contribution < -0.4 is 10.2 Å². The van der Waals surface area contributed by atoms with Gasteiger partial charge in [0.05, 0.1) is 5.39 Å². The number of carbonyl (C=O) groups excluding carboxylic acids is 1. The van der Waals surface area contributed by atoms with Gasteiger partial charge in [-0.3, -0.25) is 4.79 Å². The van der Waals surface area contributed by atoms with Crippen LogP contribution in [0.1, 0.15) is 25.7 Å². The normalized spacial score (nSPS) is 21.6. The first-order valence-corrected chi connectivity index (χ1v) is 9.57. The third kappa shape index (κ3) is 3.45. The Balaban J connectivity index is 0.00000182. The second-order valence-corrected chi connectivity index (χ2v) is 7.47. The van der Waals surface area contributed by atoms with Crippen molar-refractivity contribution in [3.63, 3.8) is 0 Å². The number of thiophene rings is 1. The van der Waals surface area contributed by atoms with Gasteiger partial charge in [-0.05, 0) is 44.2 Å². The van der Waals surface area contributed by atoms with Gasteiger partial charge >= 0.3 is 0 Å². The number of aromatic nitrogens is 2. The van der Waals surface area contributed by atoms with Crippen molar-refractivity contribution in [1.82, 2.24) is 20.2 Å². The van der Waals surface area contributed by atoms with Crippen molar-refractivity contribution in [1.29, 1.82) is 0 Å². The third-order valence-electron chi connectivity index (χ3n) is 5.27. The van der Waals surface area contributed by atoms with Gasteiger partial charge < -0.3 is 15.1 Å². The number of halogens is 1. The molecule has 2 aromatic heterocycles. The van der Waals surface area contributed by atoms with Crippen LogP contribution in [0.5, 0.6) is 0 Å². The molecule has 0 aromatic carbocycles. The lowest BCUT2D eigenvalue weighted by molar-refractivity contribution is -0.133. The molecule has 4 rings (SSSR count). The van der Waals surface area contributed by atoms with E-state index in [2.05, 4.69) is 26.3 Å². The molecule has 2 fully saturated rings. The Morgan fingerprint density at radius 3 is 2.80 bits per heavy atom. The average molecular weight is 382 g/mol. The molecule has 1 unspecified atom stereocenters. The van der Waals surface area contributed by atoms with Gasteiger partial charge in [0, 0.05) is 25.7 Å². The molecular weight excluding hydrogens is 358 g/mol. The molecule has 2 saturated heterocycles. The summed E-state index contributed by atoms with van der Waals surface area (Å²) in [4.78, 5) is 27.1. The summed E-state index contributed by atoms with van der Waals surface area (Å²) in [6.45, 7) is 2.60. The van der Waals surface area contributed by atoms with Crippen molar-refractivity contribution in [3.05, 3.63) is 17.8 Å². The molecule has 8 heteroatoms. The highest BCUT2D eigenvalue weighted by Gasteiger charge is 2.36. The number of hydrogen-bond acceptors (Lipinski definition) is 6. The highest BCUT2D eigenvalue weighted by Crippen LogP contribution is 2.32. The average Bonchev–Trinajstić information content (AvgIpc) is 3.30. The summed E-state index contributed by atoms with van der Waals surface area (Å²) < 4.78 is 0. The van der Waals surface area contributed by atoms with Gasteiger partial charge in [0.2, 0.25) is 5.91 Å². The van der Waals surface area contributed by atoms with E-state index in [0.717, 1.165) is 61.4 Å². The van der Waals surface area contributed by atoms with Crippen LogP contribution in [-0.2, 0) is 4.79 Å². The first-order valence-electron chi connectivity index (χ1n) is 8.69. The van der Waals surface area contributed by atoms with Crippen molar-refractivity contribution in [3.8, 4) is 0 Å². The molecule has 136 valence electrons. The standard InChI is InChI=1S/C17H23N5OS.ClH/c1-18-12-4-8-21(9-5-12)17(23)14-3-2-7-22(14)15-13-6-10-24-16(13)20-11-19-15;/h6,10-12,14,18H,2-5,7-9H2,1H3;1H. The molecule has 6 nitrogen and oxygen atoms in total. The molecule has 0 aliphatic carbocycles. The van der Waals surface area contributed by atoms with Crippen LogP contribution in [0.4, 0.5) is 5.82 Å². The van der Waals surface area contributed by atoms with Crippen molar-refractivity contribution in [2.24, 2.45) is 0 Å². The predicted molar refractivity (Wildman–Crippen MR) is 104 cm³/mol. The molecule has 1 amide bonds. The van der Waals surface area contributed by atoms with Gasteiger partial charge in [0.1, 0.15) is 23.0 Å². The van der Waals surface area contributed by atoms with E-state index >= 15 is 0 Å². The Morgan fingerprint density at radius 1 is 1.24 bits per heavy atom. The Morgan fingerprint density at radius 2 is 2.04 bits per heavy atom. The molecule has 0 spiro atoms. The molecule has 2 aromatic rings. The zero-order valence-electron chi connectivity index (χ0n) is 14.4. The van der Waals surface area contributed by atoms with E-state index in [4.69, 9.17) is 0 Å². The van der Waals surface area contributed by atoms with Crippen LogP contribution >= 0.6 is 23.7 Å². The Bertz CT molecular complexity index is 731. The zero-order valence-corrected chi connectivity index (χ0v) is 16.0. The van der Waals surface area contributed by atoms with E-state index in [1.54, 1.807) is 17.7 Å². The van der Waals surface area contributed by atoms with E-state index in [-0.39, 0.29) is 24.4 Å². The summed E-state index contributed by atoms with van der Waals surface area (Å²) in [5.74, 6) is 1.19. The molecule has 2 aliphatic heterocycles. The highest BCUT2D eigenvalue weighted by molar-refractivity contribution is 7.16. The number of carbonyl (C=O) groups is 1. The summed E-state index contributed by atoms with van der Waals surface area (Å²) >= 11 is 1.62. The molecule has 0 radical (unpaired) electrons. The minimum absolute atomic E-state index is 0. The lowest BCUT2D eigenvalue weighted by Gasteiger charge is -2.35. The lowest BCUT2D eigenvalue weighted by atomic mass is 10.0. The first-order chi connectivity index (χ1) is 11.8. The maximum atomic E-state index is 13.1. The van der Waals surface area contributed by atoms with E-state index in [1.165, 1.54) is 0 Å². The largest absolute Gasteiger partial charge is 0.344 e. The Hall–Kier alpha value is -1.44. The number of likely N-dealkylation sites (tertiary alicyclic amines) is 1. The van der Waals surface area contributed by atoms with Crippen LogP contribution in [0.3, 0.4) is 0 Å². The Kier molecular flexibility index (Phi) is 5.76. The minimum atomic E-state index is -0.0749. The summed E-state index contributed by atoms with van der Waals surface area (Å²) in [7, 11) is 2.00. The summed E-state index contributed by atoms with van der Waals surface area (Å²) in [6, 6.07) is 2.53. The van der Waals surface area contributed by atoms with Crippen molar-refractivity contribution in [2.75, 3.05) is 31.6 Å². The number of anilines is 1. The monoisotopic (exact) mass is 381 g/mol. The van der Waals surface area contributed by atoms with Gasteiger partial charge in [0.25, 0.3) is 0 Å². The number of amides is 1. The Labute approximate surface area is 158 Å². The van der Waals surface area contributed by atoms with Crippen LogP contribution in [0.15, 0.2) is 17.8 Å². The van der Waals surface area contributed by atoms with Crippen molar-refractivity contribution >= 4 is 45.7 Å². The van der Waals surface area contributed by atoms with E-state index in [9.17, 15) is 4.79 Å². The van der Waals surface area contributed by atoms with Gasteiger partial charge in [-0.15, -0.1) is 23.7 Å². The molecular formula is C17H24ClN5OS. The number of nitrogens with zero attached hydrogens (tertiary/aromatic N) is 4. The zero-order chi connectivity index (χ0) is 16.5. The number of fused-ring (bicyclic) bond motifs is 1. The predicted octanol–water partition coefficient (Wildman–Crippen LogP) is 2.29. The van der Waals surface area contributed by atoms with E-state index in [0.29, 0.717) is 6.04 Å². The third-order valence-corrected chi connectivity index (χ3v) is 6.09. The van der Waals surface area contributed by atoms with Gasteiger partial charge in [-0.25, -0.2) is 9.97 Å². The lowest BCUT2D eigenvalue weighted by Crippen LogP contribution is -2.50. The first kappa shape index (κ1) is 18.4. The second-order valence-electron chi connectivity index (χ2n) is 6.58. The molecule has 25 heavy (non-hydrogen) atoms. The molecule has 2 aliphatic rings. The van der Waals surface area contributed by atoms with Gasteiger partial charge in [-0.1, -0.05) is 0 Å². The van der Waals surface area contributed by atoms with Crippen LogP contribution in [-0.4, -0.2) is 59.5 Å².